The third kappa shape index (κ3) is 3.10. The third-order valence-corrected chi connectivity index (χ3v) is 3.36. The van der Waals surface area contributed by atoms with Crippen LogP contribution in [0.3, 0.4) is 0 Å². The summed E-state index contributed by atoms with van der Waals surface area (Å²) in [5.41, 5.74) is 0.984. The van der Waals surface area contributed by atoms with Crippen molar-refractivity contribution in [2.45, 2.75) is 6.42 Å². The fourth-order valence-corrected chi connectivity index (χ4v) is 2.18. The predicted molar refractivity (Wildman–Crippen MR) is 66.6 cm³/mol. The van der Waals surface area contributed by atoms with Crippen LogP contribution >= 0.6 is 27.5 Å². The lowest BCUT2D eigenvalue weighted by Gasteiger charge is -2.12. The molecule has 1 aliphatic heterocycles. The van der Waals surface area contributed by atoms with Crippen LogP contribution in [-0.4, -0.2) is 19.8 Å². The topological polar surface area (TPSA) is 21.3 Å². The minimum absolute atomic E-state index is 0.611. The van der Waals surface area contributed by atoms with Crippen molar-refractivity contribution in [3.63, 3.8) is 0 Å². The Morgan fingerprint density at radius 2 is 2.40 bits per heavy atom. The summed E-state index contributed by atoms with van der Waals surface area (Å²) in [4.78, 5) is 0. The van der Waals surface area contributed by atoms with Crippen LogP contribution < -0.4 is 5.32 Å². The fourth-order valence-electron chi connectivity index (χ4n) is 1.63. The van der Waals surface area contributed by atoms with Crippen LogP contribution in [0.25, 0.3) is 0 Å². The van der Waals surface area contributed by atoms with Crippen LogP contribution in [-0.2, 0) is 4.74 Å². The molecule has 0 spiro atoms. The molecule has 0 radical (unpaired) electrons. The second kappa shape index (κ2) is 5.19. The highest BCUT2D eigenvalue weighted by Crippen LogP contribution is 2.26. The Hall–Kier alpha value is -0.250. The van der Waals surface area contributed by atoms with Gasteiger partial charge < -0.3 is 10.1 Å². The molecule has 1 N–H and O–H groups in total. The molecule has 15 heavy (non-hydrogen) atoms. The molecular weight excluding hydrogens is 277 g/mol. The summed E-state index contributed by atoms with van der Waals surface area (Å²) < 4.78 is 6.36. The van der Waals surface area contributed by atoms with Crippen molar-refractivity contribution in [1.29, 1.82) is 0 Å². The number of halogens is 2. The van der Waals surface area contributed by atoms with Crippen molar-refractivity contribution in [2.24, 2.45) is 5.92 Å². The molecule has 4 heteroatoms. The Kier molecular flexibility index (Phi) is 3.89. The normalized spacial score (nSPS) is 20.5. The highest BCUT2D eigenvalue weighted by Gasteiger charge is 2.15. The molecule has 1 fully saturated rings. The van der Waals surface area contributed by atoms with Gasteiger partial charge in [0, 0.05) is 23.5 Å². The van der Waals surface area contributed by atoms with Crippen LogP contribution in [0.4, 0.5) is 5.69 Å². The first kappa shape index (κ1) is 11.2. The maximum Gasteiger partial charge on any atom is 0.0638 e. The summed E-state index contributed by atoms with van der Waals surface area (Å²) >= 11 is 9.49. The highest BCUT2D eigenvalue weighted by molar-refractivity contribution is 9.10. The summed E-state index contributed by atoms with van der Waals surface area (Å²) in [6.07, 6.45) is 1.14. The van der Waals surface area contributed by atoms with Gasteiger partial charge in [-0.1, -0.05) is 27.5 Å². The first-order chi connectivity index (χ1) is 7.25. The van der Waals surface area contributed by atoms with Gasteiger partial charge in [0.15, 0.2) is 0 Å². The quantitative estimate of drug-likeness (QED) is 0.919. The summed E-state index contributed by atoms with van der Waals surface area (Å²) in [6.45, 7) is 2.67. The van der Waals surface area contributed by atoms with E-state index in [1.807, 2.05) is 18.2 Å². The lowest BCUT2D eigenvalue weighted by molar-refractivity contribution is 0.187. The van der Waals surface area contributed by atoms with Crippen molar-refractivity contribution in [1.82, 2.24) is 0 Å². The Morgan fingerprint density at radius 1 is 1.53 bits per heavy atom. The van der Waals surface area contributed by atoms with Gasteiger partial charge >= 0.3 is 0 Å². The average molecular weight is 291 g/mol. The molecule has 1 unspecified atom stereocenters. The van der Waals surface area contributed by atoms with Crippen LogP contribution in [0.5, 0.6) is 0 Å². The number of rotatable bonds is 3. The molecule has 0 amide bonds. The molecule has 1 saturated heterocycles. The minimum Gasteiger partial charge on any atom is -0.383 e. The van der Waals surface area contributed by atoms with E-state index < -0.39 is 0 Å². The molecule has 0 saturated carbocycles. The van der Waals surface area contributed by atoms with Crippen molar-refractivity contribution < 1.29 is 4.74 Å². The fraction of sp³-hybridized carbons (Fsp3) is 0.455. The van der Waals surface area contributed by atoms with E-state index in [0.29, 0.717) is 5.92 Å². The summed E-state index contributed by atoms with van der Waals surface area (Å²) in [6, 6.07) is 5.82. The Bertz CT molecular complexity index is 339. The third-order valence-electron chi connectivity index (χ3n) is 2.53. The molecule has 0 aliphatic carbocycles. The maximum atomic E-state index is 6.07. The van der Waals surface area contributed by atoms with Crippen LogP contribution in [0.2, 0.25) is 5.02 Å². The number of ether oxygens (including phenoxy) is 1. The SMILES string of the molecule is Clc1ccc(Br)cc1NCC1CCOC1. The highest BCUT2D eigenvalue weighted by atomic mass is 79.9. The zero-order valence-electron chi connectivity index (χ0n) is 8.30. The second-order valence-electron chi connectivity index (χ2n) is 3.73. The molecule has 2 rings (SSSR count). The van der Waals surface area contributed by atoms with Crippen molar-refractivity contribution in [3.8, 4) is 0 Å². The predicted octanol–water partition coefficient (Wildman–Crippen LogP) is 3.55. The van der Waals surface area contributed by atoms with Gasteiger partial charge in [-0.3, -0.25) is 0 Å². The molecule has 1 atom stereocenters. The molecule has 1 aromatic rings. The molecule has 1 aromatic carbocycles. The molecule has 0 aromatic heterocycles. The second-order valence-corrected chi connectivity index (χ2v) is 5.06. The van der Waals surface area contributed by atoms with Crippen molar-refractivity contribution in [2.75, 3.05) is 25.1 Å². The first-order valence-corrected chi connectivity index (χ1v) is 6.19. The number of anilines is 1. The van der Waals surface area contributed by atoms with E-state index in [0.717, 1.165) is 41.4 Å². The largest absolute Gasteiger partial charge is 0.383 e. The van der Waals surface area contributed by atoms with E-state index in [4.69, 9.17) is 16.3 Å². The van der Waals surface area contributed by atoms with Gasteiger partial charge in [-0.05, 0) is 24.6 Å². The van der Waals surface area contributed by atoms with E-state index >= 15 is 0 Å². The maximum absolute atomic E-state index is 6.07. The van der Waals surface area contributed by atoms with E-state index in [2.05, 4.69) is 21.2 Å². The zero-order valence-corrected chi connectivity index (χ0v) is 10.6. The molecule has 1 heterocycles. The van der Waals surface area contributed by atoms with E-state index in [-0.39, 0.29) is 0 Å². The van der Waals surface area contributed by atoms with Crippen LogP contribution in [0.15, 0.2) is 22.7 Å². The smallest absolute Gasteiger partial charge is 0.0638 e. The van der Waals surface area contributed by atoms with E-state index in [9.17, 15) is 0 Å². The van der Waals surface area contributed by atoms with Gasteiger partial charge in [0.2, 0.25) is 0 Å². The number of hydrogen-bond donors (Lipinski definition) is 1. The Balaban J connectivity index is 1.94. The molecule has 0 bridgehead atoms. The Morgan fingerprint density at radius 3 is 3.13 bits per heavy atom. The van der Waals surface area contributed by atoms with Gasteiger partial charge in [-0.2, -0.15) is 0 Å². The van der Waals surface area contributed by atoms with Gasteiger partial charge in [-0.25, -0.2) is 0 Å². The number of benzene rings is 1. The summed E-state index contributed by atoms with van der Waals surface area (Å²) in [5.74, 6) is 0.611. The Labute approximate surface area is 103 Å². The van der Waals surface area contributed by atoms with E-state index in [1.165, 1.54) is 0 Å². The molecule has 2 nitrogen and oxygen atoms in total. The monoisotopic (exact) mass is 289 g/mol. The zero-order chi connectivity index (χ0) is 10.7. The lowest BCUT2D eigenvalue weighted by Crippen LogP contribution is -2.14. The van der Waals surface area contributed by atoms with Crippen molar-refractivity contribution >= 4 is 33.2 Å². The number of nitrogens with one attached hydrogen (secondary N) is 1. The number of hydrogen-bond acceptors (Lipinski definition) is 2. The molecular formula is C11H13BrClNO. The van der Waals surface area contributed by atoms with Crippen LogP contribution in [0, 0.1) is 5.92 Å². The first-order valence-electron chi connectivity index (χ1n) is 5.02. The van der Waals surface area contributed by atoms with Gasteiger partial charge in [0.25, 0.3) is 0 Å². The van der Waals surface area contributed by atoms with Crippen LogP contribution in [0.1, 0.15) is 6.42 Å². The van der Waals surface area contributed by atoms with E-state index in [1.54, 1.807) is 0 Å². The summed E-state index contributed by atoms with van der Waals surface area (Å²) in [7, 11) is 0. The van der Waals surface area contributed by atoms with Gasteiger partial charge in [0.05, 0.1) is 17.3 Å². The van der Waals surface area contributed by atoms with Gasteiger partial charge in [0.1, 0.15) is 0 Å². The van der Waals surface area contributed by atoms with Crippen molar-refractivity contribution in [3.05, 3.63) is 27.7 Å². The summed E-state index contributed by atoms with van der Waals surface area (Å²) in [5, 5.41) is 4.11. The lowest BCUT2D eigenvalue weighted by atomic mass is 10.1. The van der Waals surface area contributed by atoms with Gasteiger partial charge in [-0.15, -0.1) is 0 Å². The standard InChI is InChI=1S/C11H13BrClNO/c12-9-1-2-10(13)11(5-9)14-6-8-3-4-15-7-8/h1-2,5,8,14H,3-4,6-7H2. The molecule has 1 aliphatic rings. The average Bonchev–Trinajstić information content (AvgIpc) is 2.72. The molecule has 82 valence electrons. The minimum atomic E-state index is 0.611.